The van der Waals surface area contributed by atoms with Crippen LogP contribution in [0.1, 0.15) is 6.42 Å². The van der Waals surface area contributed by atoms with Crippen molar-refractivity contribution in [3.63, 3.8) is 0 Å². The molecule has 66 valence electrons. The lowest BCUT2D eigenvalue weighted by Crippen LogP contribution is -2.33. The Balaban J connectivity index is 3.78. The molecule has 0 aliphatic carbocycles. The van der Waals surface area contributed by atoms with E-state index in [4.69, 9.17) is 5.11 Å². The quantitative estimate of drug-likeness (QED) is 0.563. The molecule has 0 aromatic heterocycles. The van der Waals surface area contributed by atoms with Crippen LogP contribution in [0.4, 0.5) is 0 Å². The van der Waals surface area contributed by atoms with Gasteiger partial charge in [-0.2, -0.15) is 0 Å². The van der Waals surface area contributed by atoms with Gasteiger partial charge < -0.3 is 14.7 Å². The van der Waals surface area contributed by atoms with Gasteiger partial charge in [-0.05, 0) is 14.1 Å². The molecule has 0 aliphatic heterocycles. The second-order valence-electron chi connectivity index (χ2n) is 2.58. The topological polar surface area (TPSA) is 49.8 Å². The van der Waals surface area contributed by atoms with Crippen molar-refractivity contribution in [1.82, 2.24) is 4.90 Å². The second kappa shape index (κ2) is 5.09. The normalized spacial score (nSPS) is 13.2. The molecule has 0 fully saturated rings. The van der Waals surface area contributed by atoms with Crippen molar-refractivity contribution in [2.24, 2.45) is 0 Å². The van der Waals surface area contributed by atoms with E-state index in [2.05, 4.69) is 4.74 Å². The number of aliphatic hydroxyl groups is 1. The first-order chi connectivity index (χ1) is 5.11. The predicted molar refractivity (Wildman–Crippen MR) is 41.2 cm³/mol. The van der Waals surface area contributed by atoms with Crippen LogP contribution in [0.3, 0.4) is 0 Å². The van der Waals surface area contributed by atoms with Gasteiger partial charge in [-0.1, -0.05) is 0 Å². The second-order valence-corrected chi connectivity index (χ2v) is 2.58. The Morgan fingerprint density at radius 1 is 1.64 bits per heavy atom. The molecule has 0 rings (SSSR count). The molecule has 1 unspecified atom stereocenters. The summed E-state index contributed by atoms with van der Waals surface area (Å²) in [6.45, 7) is -0.0257. The highest BCUT2D eigenvalue weighted by Crippen LogP contribution is 1.99. The molecule has 4 nitrogen and oxygen atoms in total. The van der Waals surface area contributed by atoms with Crippen molar-refractivity contribution in [2.75, 3.05) is 27.8 Å². The first-order valence-corrected chi connectivity index (χ1v) is 3.46. The van der Waals surface area contributed by atoms with Gasteiger partial charge in [0.25, 0.3) is 0 Å². The van der Waals surface area contributed by atoms with Gasteiger partial charge in [-0.15, -0.1) is 0 Å². The Kier molecular flexibility index (Phi) is 4.81. The number of carbonyl (C=O) groups is 1. The summed E-state index contributed by atoms with van der Waals surface area (Å²) >= 11 is 0. The van der Waals surface area contributed by atoms with Gasteiger partial charge in [-0.3, -0.25) is 4.79 Å². The molecule has 0 heterocycles. The van der Waals surface area contributed by atoms with E-state index in [1.807, 2.05) is 14.1 Å². The zero-order valence-corrected chi connectivity index (χ0v) is 7.20. The highest BCUT2D eigenvalue weighted by Gasteiger charge is 2.14. The maximum Gasteiger partial charge on any atom is 0.307 e. The van der Waals surface area contributed by atoms with Gasteiger partial charge in [0.15, 0.2) is 0 Å². The first-order valence-electron chi connectivity index (χ1n) is 3.46. The van der Waals surface area contributed by atoms with Crippen LogP contribution in [-0.2, 0) is 9.53 Å². The lowest BCUT2D eigenvalue weighted by Gasteiger charge is -2.20. The highest BCUT2D eigenvalue weighted by molar-refractivity contribution is 5.69. The summed E-state index contributed by atoms with van der Waals surface area (Å²) in [4.78, 5) is 12.5. The summed E-state index contributed by atoms with van der Waals surface area (Å²) in [6, 6.07) is -0.137. The predicted octanol–water partition coefficient (Wildman–Crippen LogP) is -0.528. The number of esters is 1. The third kappa shape index (κ3) is 3.95. The molecule has 0 aromatic carbocycles. The minimum absolute atomic E-state index is 0.0257. The van der Waals surface area contributed by atoms with Crippen molar-refractivity contribution >= 4 is 5.97 Å². The summed E-state index contributed by atoms with van der Waals surface area (Å²) in [5.74, 6) is -0.294. The number of rotatable bonds is 4. The molecule has 4 heteroatoms. The van der Waals surface area contributed by atoms with E-state index in [-0.39, 0.29) is 25.0 Å². The molecule has 1 atom stereocenters. The highest BCUT2D eigenvalue weighted by atomic mass is 16.5. The lowest BCUT2D eigenvalue weighted by atomic mass is 10.2. The van der Waals surface area contributed by atoms with E-state index in [1.165, 1.54) is 7.11 Å². The summed E-state index contributed by atoms with van der Waals surface area (Å²) in [6.07, 6.45) is 0.236. The molecule has 0 aliphatic rings. The largest absolute Gasteiger partial charge is 0.469 e. The Morgan fingerprint density at radius 2 is 2.18 bits per heavy atom. The number of aliphatic hydroxyl groups excluding tert-OH is 1. The molecule has 0 bridgehead atoms. The molecule has 0 amide bonds. The Bertz CT molecular complexity index is 125. The van der Waals surface area contributed by atoms with E-state index in [0.29, 0.717) is 0 Å². The lowest BCUT2D eigenvalue weighted by molar-refractivity contribution is -0.142. The third-order valence-corrected chi connectivity index (χ3v) is 1.57. The maximum atomic E-state index is 10.7. The summed E-state index contributed by atoms with van der Waals surface area (Å²) in [7, 11) is 4.96. The van der Waals surface area contributed by atoms with Crippen molar-refractivity contribution in [1.29, 1.82) is 0 Å². The van der Waals surface area contributed by atoms with Crippen molar-refractivity contribution in [2.45, 2.75) is 12.5 Å². The fourth-order valence-electron chi connectivity index (χ4n) is 0.686. The van der Waals surface area contributed by atoms with Crippen LogP contribution in [-0.4, -0.2) is 49.8 Å². The van der Waals surface area contributed by atoms with Crippen LogP contribution in [0, 0.1) is 0 Å². The van der Waals surface area contributed by atoms with Crippen LogP contribution in [0.25, 0.3) is 0 Å². The monoisotopic (exact) mass is 161 g/mol. The van der Waals surface area contributed by atoms with Gasteiger partial charge in [0, 0.05) is 6.04 Å². The minimum Gasteiger partial charge on any atom is -0.469 e. The number of ether oxygens (including phenoxy) is 1. The number of hydrogen-bond acceptors (Lipinski definition) is 4. The molecule has 0 spiro atoms. The summed E-state index contributed by atoms with van der Waals surface area (Å²) in [5, 5.41) is 8.79. The molecule has 0 radical (unpaired) electrons. The van der Waals surface area contributed by atoms with Gasteiger partial charge in [0.05, 0.1) is 20.1 Å². The zero-order valence-electron chi connectivity index (χ0n) is 7.20. The van der Waals surface area contributed by atoms with E-state index >= 15 is 0 Å². The Hall–Kier alpha value is -0.610. The van der Waals surface area contributed by atoms with E-state index in [9.17, 15) is 4.79 Å². The number of hydrogen-bond donors (Lipinski definition) is 1. The molecule has 1 N–H and O–H groups in total. The van der Waals surface area contributed by atoms with Crippen LogP contribution < -0.4 is 0 Å². The SMILES string of the molecule is COC(=O)CC(CO)N(C)C. The zero-order chi connectivity index (χ0) is 8.85. The Labute approximate surface area is 66.8 Å². The van der Waals surface area contributed by atoms with Gasteiger partial charge in [-0.25, -0.2) is 0 Å². The molecule has 0 aromatic rings. The number of methoxy groups -OCH3 is 1. The number of likely N-dealkylation sites (N-methyl/N-ethyl adjacent to an activating group) is 1. The molecule has 11 heavy (non-hydrogen) atoms. The average Bonchev–Trinajstić information content (AvgIpc) is 1.99. The number of nitrogens with zero attached hydrogens (tertiary/aromatic N) is 1. The number of carbonyl (C=O) groups excluding carboxylic acids is 1. The van der Waals surface area contributed by atoms with Crippen LogP contribution in [0.2, 0.25) is 0 Å². The third-order valence-electron chi connectivity index (χ3n) is 1.57. The van der Waals surface area contributed by atoms with Crippen molar-refractivity contribution < 1.29 is 14.6 Å². The van der Waals surface area contributed by atoms with Crippen LogP contribution >= 0.6 is 0 Å². The molecular formula is C7H15NO3. The summed E-state index contributed by atoms with van der Waals surface area (Å²) < 4.78 is 4.46. The smallest absolute Gasteiger partial charge is 0.307 e. The van der Waals surface area contributed by atoms with Gasteiger partial charge >= 0.3 is 5.97 Å². The van der Waals surface area contributed by atoms with Crippen LogP contribution in [0.5, 0.6) is 0 Å². The van der Waals surface area contributed by atoms with E-state index in [1.54, 1.807) is 4.90 Å². The first kappa shape index (κ1) is 10.4. The summed E-state index contributed by atoms with van der Waals surface area (Å²) in [5.41, 5.74) is 0. The Morgan fingerprint density at radius 3 is 2.45 bits per heavy atom. The van der Waals surface area contributed by atoms with Gasteiger partial charge in [0.2, 0.25) is 0 Å². The van der Waals surface area contributed by atoms with E-state index in [0.717, 1.165) is 0 Å². The van der Waals surface area contributed by atoms with Crippen LogP contribution in [0.15, 0.2) is 0 Å². The molecule has 0 saturated heterocycles. The molecule has 0 saturated carbocycles. The van der Waals surface area contributed by atoms with Crippen molar-refractivity contribution in [3.8, 4) is 0 Å². The van der Waals surface area contributed by atoms with E-state index < -0.39 is 0 Å². The average molecular weight is 161 g/mol. The standard InChI is InChI=1S/C7H15NO3/c1-8(2)6(5-9)4-7(10)11-3/h6,9H,4-5H2,1-3H3. The molecular weight excluding hydrogens is 146 g/mol. The fraction of sp³-hybridized carbons (Fsp3) is 0.857. The fourth-order valence-corrected chi connectivity index (χ4v) is 0.686. The maximum absolute atomic E-state index is 10.7. The minimum atomic E-state index is -0.294. The van der Waals surface area contributed by atoms with Crippen molar-refractivity contribution in [3.05, 3.63) is 0 Å². The van der Waals surface area contributed by atoms with Gasteiger partial charge in [0.1, 0.15) is 0 Å².